The van der Waals surface area contributed by atoms with Crippen molar-refractivity contribution in [3.8, 4) is 0 Å². The SMILES string of the molecule is CC[C@H](C)c1nc(C)c(Cc2ccccc2F)c(N2CCN(C(=O)C(C)C)CC2)n1. The van der Waals surface area contributed by atoms with Crippen molar-refractivity contribution in [1.29, 1.82) is 0 Å². The van der Waals surface area contributed by atoms with Crippen molar-refractivity contribution in [2.45, 2.75) is 53.4 Å². The minimum atomic E-state index is -0.207. The van der Waals surface area contributed by atoms with Crippen LogP contribution in [0.1, 0.15) is 62.7 Å². The van der Waals surface area contributed by atoms with Crippen molar-refractivity contribution in [1.82, 2.24) is 14.9 Å². The van der Waals surface area contributed by atoms with Gasteiger partial charge < -0.3 is 9.80 Å². The van der Waals surface area contributed by atoms with E-state index in [-0.39, 0.29) is 23.6 Å². The molecule has 1 amide bonds. The van der Waals surface area contributed by atoms with Crippen LogP contribution in [0.4, 0.5) is 10.2 Å². The van der Waals surface area contributed by atoms with Gasteiger partial charge in [-0.25, -0.2) is 14.4 Å². The first-order valence-corrected chi connectivity index (χ1v) is 11.0. The highest BCUT2D eigenvalue weighted by Crippen LogP contribution is 2.28. The zero-order valence-electron chi connectivity index (χ0n) is 18.8. The number of anilines is 1. The number of rotatable bonds is 6. The Hall–Kier alpha value is -2.50. The van der Waals surface area contributed by atoms with Gasteiger partial charge in [0.2, 0.25) is 5.91 Å². The maximum atomic E-state index is 14.4. The fourth-order valence-electron chi connectivity index (χ4n) is 3.81. The summed E-state index contributed by atoms with van der Waals surface area (Å²) in [6, 6.07) is 6.88. The number of piperazine rings is 1. The molecule has 1 atom stereocenters. The van der Waals surface area contributed by atoms with Crippen LogP contribution in [0.15, 0.2) is 24.3 Å². The molecule has 0 bridgehead atoms. The number of benzene rings is 1. The van der Waals surface area contributed by atoms with Gasteiger partial charge in [0.1, 0.15) is 17.5 Å². The number of carbonyl (C=O) groups is 1. The van der Waals surface area contributed by atoms with E-state index < -0.39 is 0 Å². The molecule has 0 unspecified atom stereocenters. The van der Waals surface area contributed by atoms with Crippen LogP contribution in [0.25, 0.3) is 0 Å². The van der Waals surface area contributed by atoms with Gasteiger partial charge in [-0.05, 0) is 25.0 Å². The molecule has 1 aliphatic rings. The quantitative estimate of drug-likeness (QED) is 0.708. The Kier molecular flexibility index (Phi) is 7.06. The smallest absolute Gasteiger partial charge is 0.225 e. The number of hydrogen-bond donors (Lipinski definition) is 0. The first-order valence-electron chi connectivity index (χ1n) is 11.0. The summed E-state index contributed by atoms with van der Waals surface area (Å²) in [5.74, 6) is 1.97. The number of hydrogen-bond acceptors (Lipinski definition) is 4. The van der Waals surface area contributed by atoms with Crippen LogP contribution in [0.2, 0.25) is 0 Å². The van der Waals surface area contributed by atoms with E-state index in [1.54, 1.807) is 6.07 Å². The largest absolute Gasteiger partial charge is 0.353 e. The second kappa shape index (κ2) is 9.54. The molecule has 6 heteroatoms. The fourth-order valence-corrected chi connectivity index (χ4v) is 3.81. The topological polar surface area (TPSA) is 49.3 Å². The van der Waals surface area contributed by atoms with E-state index in [9.17, 15) is 9.18 Å². The van der Waals surface area contributed by atoms with Crippen molar-refractivity contribution < 1.29 is 9.18 Å². The van der Waals surface area contributed by atoms with Gasteiger partial charge in [0, 0.05) is 55.7 Å². The Bertz CT molecular complexity index is 891. The molecule has 2 heterocycles. The first-order chi connectivity index (χ1) is 14.3. The molecule has 1 saturated heterocycles. The molecule has 0 aliphatic carbocycles. The Morgan fingerprint density at radius 2 is 1.77 bits per heavy atom. The molecule has 0 spiro atoms. The van der Waals surface area contributed by atoms with Crippen LogP contribution in [-0.2, 0) is 11.2 Å². The summed E-state index contributed by atoms with van der Waals surface area (Å²) in [6.45, 7) is 12.9. The van der Waals surface area contributed by atoms with Crippen LogP contribution in [0.5, 0.6) is 0 Å². The summed E-state index contributed by atoms with van der Waals surface area (Å²) in [4.78, 5) is 26.2. The van der Waals surface area contributed by atoms with Gasteiger partial charge in [-0.3, -0.25) is 4.79 Å². The second-order valence-corrected chi connectivity index (χ2v) is 8.51. The van der Waals surface area contributed by atoms with Crippen LogP contribution < -0.4 is 4.90 Å². The Balaban J connectivity index is 1.94. The van der Waals surface area contributed by atoms with E-state index in [0.29, 0.717) is 25.1 Å². The first kappa shape index (κ1) is 22.2. The van der Waals surface area contributed by atoms with Crippen LogP contribution >= 0.6 is 0 Å². The third-order valence-electron chi connectivity index (χ3n) is 5.97. The van der Waals surface area contributed by atoms with E-state index in [1.165, 1.54) is 6.07 Å². The van der Waals surface area contributed by atoms with Gasteiger partial charge in [-0.1, -0.05) is 45.9 Å². The van der Waals surface area contributed by atoms with Gasteiger partial charge in [-0.2, -0.15) is 0 Å². The van der Waals surface area contributed by atoms with Gasteiger partial charge in [-0.15, -0.1) is 0 Å². The highest BCUT2D eigenvalue weighted by atomic mass is 19.1. The molecule has 0 N–H and O–H groups in total. The molecule has 5 nitrogen and oxygen atoms in total. The minimum absolute atomic E-state index is 0.00599. The maximum Gasteiger partial charge on any atom is 0.225 e. The molecule has 0 saturated carbocycles. The van der Waals surface area contributed by atoms with E-state index >= 15 is 0 Å². The molecule has 2 aromatic rings. The van der Waals surface area contributed by atoms with Gasteiger partial charge in [0.15, 0.2) is 0 Å². The van der Waals surface area contributed by atoms with E-state index in [4.69, 9.17) is 9.97 Å². The number of carbonyl (C=O) groups excluding carboxylic acids is 1. The monoisotopic (exact) mass is 412 g/mol. The Morgan fingerprint density at radius 1 is 1.10 bits per heavy atom. The standard InChI is InChI=1S/C24H33FN4O/c1-6-17(4)22-26-18(5)20(15-19-9-7-8-10-21(19)25)23(27-22)28-11-13-29(14-12-28)24(30)16(2)3/h7-10,16-17H,6,11-15H2,1-5H3/t17-/m0/s1. The minimum Gasteiger partial charge on any atom is -0.353 e. The molecular weight excluding hydrogens is 379 g/mol. The number of aromatic nitrogens is 2. The lowest BCUT2D eigenvalue weighted by molar-refractivity contribution is -0.134. The average molecular weight is 413 g/mol. The average Bonchev–Trinajstić information content (AvgIpc) is 2.75. The van der Waals surface area contributed by atoms with Gasteiger partial charge >= 0.3 is 0 Å². The third-order valence-corrected chi connectivity index (χ3v) is 5.97. The van der Waals surface area contributed by atoms with E-state index in [2.05, 4.69) is 18.7 Å². The van der Waals surface area contributed by atoms with Crippen LogP contribution in [0.3, 0.4) is 0 Å². The highest BCUT2D eigenvalue weighted by Gasteiger charge is 2.26. The molecule has 1 aromatic carbocycles. The van der Waals surface area contributed by atoms with E-state index in [0.717, 1.165) is 42.4 Å². The van der Waals surface area contributed by atoms with Crippen molar-refractivity contribution in [3.63, 3.8) is 0 Å². The Labute approximate surface area is 179 Å². The number of nitrogens with zero attached hydrogens (tertiary/aromatic N) is 4. The summed E-state index contributed by atoms with van der Waals surface area (Å²) in [5, 5.41) is 0. The third kappa shape index (κ3) is 4.79. The molecular formula is C24H33FN4O. The molecule has 3 rings (SSSR count). The summed E-state index contributed by atoms with van der Waals surface area (Å²) in [5.41, 5.74) is 2.52. The molecule has 0 radical (unpaired) electrons. The van der Waals surface area contributed by atoms with Gasteiger partial charge in [0.25, 0.3) is 0 Å². The lowest BCUT2D eigenvalue weighted by Gasteiger charge is -2.37. The zero-order valence-corrected chi connectivity index (χ0v) is 18.8. The van der Waals surface area contributed by atoms with Crippen molar-refractivity contribution in [2.75, 3.05) is 31.1 Å². The number of amides is 1. The number of aryl methyl sites for hydroxylation is 1. The Morgan fingerprint density at radius 3 is 2.37 bits per heavy atom. The van der Waals surface area contributed by atoms with Crippen LogP contribution in [-0.4, -0.2) is 47.0 Å². The molecule has 162 valence electrons. The maximum absolute atomic E-state index is 14.4. The van der Waals surface area contributed by atoms with Gasteiger partial charge in [0.05, 0.1) is 0 Å². The van der Waals surface area contributed by atoms with Crippen molar-refractivity contribution in [3.05, 3.63) is 52.7 Å². The zero-order chi connectivity index (χ0) is 21.8. The van der Waals surface area contributed by atoms with E-state index in [1.807, 2.05) is 37.8 Å². The van der Waals surface area contributed by atoms with Crippen molar-refractivity contribution >= 4 is 11.7 Å². The highest BCUT2D eigenvalue weighted by molar-refractivity contribution is 5.78. The summed E-state index contributed by atoms with van der Waals surface area (Å²) in [6.07, 6.45) is 1.42. The van der Waals surface area contributed by atoms with Crippen LogP contribution in [0, 0.1) is 18.7 Å². The lowest BCUT2D eigenvalue weighted by atomic mass is 10.0. The predicted molar refractivity (Wildman–Crippen MR) is 118 cm³/mol. The summed E-state index contributed by atoms with van der Waals surface area (Å²) >= 11 is 0. The lowest BCUT2D eigenvalue weighted by Crippen LogP contribution is -2.50. The molecule has 1 aliphatic heterocycles. The second-order valence-electron chi connectivity index (χ2n) is 8.51. The molecule has 1 fully saturated rings. The molecule has 1 aromatic heterocycles. The summed E-state index contributed by atoms with van der Waals surface area (Å²) < 4.78 is 14.4. The van der Waals surface area contributed by atoms with Crippen molar-refractivity contribution in [2.24, 2.45) is 5.92 Å². The predicted octanol–water partition coefficient (Wildman–Crippen LogP) is 4.33. The molecule has 30 heavy (non-hydrogen) atoms. The summed E-state index contributed by atoms with van der Waals surface area (Å²) in [7, 11) is 0. The normalized spacial score (nSPS) is 15.6. The number of halogens is 1. The fraction of sp³-hybridized carbons (Fsp3) is 0.542.